The Bertz CT molecular complexity index is 896. The highest BCUT2D eigenvalue weighted by Crippen LogP contribution is 2.19. The molecule has 9 heteroatoms. The van der Waals surface area contributed by atoms with E-state index in [1.54, 1.807) is 19.1 Å². The number of likely N-dealkylation sites (N-methyl/N-ethyl adjacent to an activating group) is 1. The number of benzene rings is 1. The van der Waals surface area contributed by atoms with Crippen molar-refractivity contribution in [3.05, 3.63) is 34.9 Å². The Morgan fingerprint density at radius 2 is 1.93 bits per heavy atom. The summed E-state index contributed by atoms with van der Waals surface area (Å²) in [5.41, 5.74) is 2.46. The molecule has 29 heavy (non-hydrogen) atoms. The third kappa shape index (κ3) is 6.03. The van der Waals surface area contributed by atoms with Gasteiger partial charge in [0.15, 0.2) is 15.9 Å². The SMILES string of the molecule is CCN(C(=O)[C@H](C)OC(=O)CNC(=O)c1ccc(C)c(C)c1)[C@H]1CCS(=O)(=O)C1. The van der Waals surface area contributed by atoms with Crippen LogP contribution in [0.5, 0.6) is 0 Å². The maximum atomic E-state index is 12.6. The summed E-state index contributed by atoms with van der Waals surface area (Å²) in [6, 6.07) is 4.83. The third-order valence-corrected chi connectivity index (χ3v) is 6.84. The molecule has 2 amide bonds. The zero-order valence-electron chi connectivity index (χ0n) is 17.2. The molecule has 0 unspecified atom stereocenters. The fourth-order valence-electron chi connectivity index (χ4n) is 3.28. The summed E-state index contributed by atoms with van der Waals surface area (Å²) in [6.45, 7) is 6.98. The summed E-state index contributed by atoms with van der Waals surface area (Å²) in [4.78, 5) is 38.3. The first kappa shape index (κ1) is 22.9. The van der Waals surface area contributed by atoms with Crippen LogP contribution in [0, 0.1) is 13.8 Å². The molecule has 2 atom stereocenters. The molecular weight excluding hydrogens is 396 g/mol. The fourth-order valence-corrected chi connectivity index (χ4v) is 5.01. The monoisotopic (exact) mass is 424 g/mol. The van der Waals surface area contributed by atoms with Gasteiger partial charge in [0.25, 0.3) is 11.8 Å². The average Bonchev–Trinajstić information content (AvgIpc) is 3.01. The predicted molar refractivity (Wildman–Crippen MR) is 108 cm³/mol. The largest absolute Gasteiger partial charge is 0.451 e. The van der Waals surface area contributed by atoms with Crippen LogP contribution >= 0.6 is 0 Å². The van der Waals surface area contributed by atoms with Crippen molar-refractivity contribution < 1.29 is 27.5 Å². The third-order valence-electron chi connectivity index (χ3n) is 5.09. The molecular formula is C20H28N2O6S. The zero-order chi connectivity index (χ0) is 21.8. The minimum Gasteiger partial charge on any atom is -0.451 e. The molecule has 0 spiro atoms. The normalized spacial score (nSPS) is 18.7. The van der Waals surface area contributed by atoms with E-state index >= 15 is 0 Å². The van der Waals surface area contributed by atoms with E-state index in [2.05, 4.69) is 5.32 Å². The minimum absolute atomic E-state index is 0.0557. The molecule has 1 N–H and O–H groups in total. The number of ether oxygens (including phenoxy) is 1. The quantitative estimate of drug-likeness (QED) is 0.654. The van der Waals surface area contributed by atoms with Gasteiger partial charge < -0.3 is 15.0 Å². The minimum atomic E-state index is -3.13. The summed E-state index contributed by atoms with van der Waals surface area (Å²) in [5, 5.41) is 2.48. The summed E-state index contributed by atoms with van der Waals surface area (Å²) in [6.07, 6.45) is -0.682. The lowest BCUT2D eigenvalue weighted by atomic mass is 10.1. The van der Waals surface area contributed by atoms with E-state index < -0.39 is 39.8 Å². The number of aryl methyl sites for hydroxylation is 2. The Morgan fingerprint density at radius 3 is 2.48 bits per heavy atom. The second-order valence-corrected chi connectivity index (χ2v) is 9.52. The summed E-state index contributed by atoms with van der Waals surface area (Å²) in [5.74, 6) is -1.60. The molecule has 8 nitrogen and oxygen atoms in total. The van der Waals surface area contributed by atoms with Gasteiger partial charge in [-0.1, -0.05) is 6.07 Å². The van der Waals surface area contributed by atoms with Crippen LogP contribution in [0.15, 0.2) is 18.2 Å². The van der Waals surface area contributed by atoms with E-state index in [-0.39, 0.29) is 18.1 Å². The van der Waals surface area contributed by atoms with Crippen LogP contribution in [0.1, 0.15) is 41.8 Å². The van der Waals surface area contributed by atoms with E-state index in [0.29, 0.717) is 18.5 Å². The number of nitrogens with zero attached hydrogens (tertiary/aromatic N) is 1. The molecule has 1 aromatic rings. The van der Waals surface area contributed by atoms with Gasteiger partial charge in [0.2, 0.25) is 0 Å². The number of esters is 1. The second kappa shape index (κ2) is 9.39. The lowest BCUT2D eigenvalue weighted by Crippen LogP contribution is -2.47. The molecule has 1 aromatic carbocycles. The van der Waals surface area contributed by atoms with Crippen molar-refractivity contribution in [3.8, 4) is 0 Å². The van der Waals surface area contributed by atoms with Crippen molar-refractivity contribution in [3.63, 3.8) is 0 Å². The smallest absolute Gasteiger partial charge is 0.326 e. The van der Waals surface area contributed by atoms with Crippen molar-refractivity contribution in [2.45, 2.75) is 46.3 Å². The molecule has 0 saturated carbocycles. The van der Waals surface area contributed by atoms with Crippen LogP contribution in [-0.2, 0) is 24.2 Å². The Hall–Kier alpha value is -2.42. The number of carbonyl (C=O) groups is 3. The van der Waals surface area contributed by atoms with Gasteiger partial charge in [-0.3, -0.25) is 14.4 Å². The molecule has 1 aliphatic rings. The van der Waals surface area contributed by atoms with Crippen molar-refractivity contribution in [2.24, 2.45) is 0 Å². The Morgan fingerprint density at radius 1 is 1.24 bits per heavy atom. The second-order valence-electron chi connectivity index (χ2n) is 7.29. The number of carbonyl (C=O) groups excluding carboxylic acids is 3. The van der Waals surface area contributed by atoms with Crippen molar-refractivity contribution >= 4 is 27.6 Å². The highest BCUT2D eigenvalue weighted by Gasteiger charge is 2.36. The Kier molecular flexibility index (Phi) is 7.40. The molecule has 0 aliphatic carbocycles. The van der Waals surface area contributed by atoms with Crippen LogP contribution in [0.25, 0.3) is 0 Å². The standard InChI is InChI=1S/C20H28N2O6S/c1-5-22(17-8-9-29(26,27)12-17)20(25)15(4)28-18(23)11-21-19(24)16-7-6-13(2)14(3)10-16/h6-7,10,15,17H,5,8-9,11-12H2,1-4H3,(H,21,24)/t15-,17-/m0/s1. The van der Waals surface area contributed by atoms with Crippen LogP contribution in [-0.4, -0.2) is 67.8 Å². The molecule has 1 saturated heterocycles. The Balaban J connectivity index is 1.88. The van der Waals surface area contributed by atoms with E-state index in [4.69, 9.17) is 4.74 Å². The van der Waals surface area contributed by atoms with E-state index in [0.717, 1.165) is 11.1 Å². The predicted octanol–water partition coefficient (Wildman–Crippen LogP) is 1.00. The van der Waals surface area contributed by atoms with E-state index in [9.17, 15) is 22.8 Å². The number of hydrogen-bond acceptors (Lipinski definition) is 6. The van der Waals surface area contributed by atoms with E-state index in [1.807, 2.05) is 19.9 Å². The number of nitrogens with one attached hydrogen (secondary N) is 1. The highest BCUT2D eigenvalue weighted by molar-refractivity contribution is 7.91. The van der Waals surface area contributed by atoms with Gasteiger partial charge in [-0.2, -0.15) is 0 Å². The lowest BCUT2D eigenvalue weighted by molar-refractivity contribution is -0.159. The van der Waals surface area contributed by atoms with Crippen LogP contribution in [0.2, 0.25) is 0 Å². The molecule has 0 radical (unpaired) electrons. The van der Waals surface area contributed by atoms with Gasteiger partial charge in [0.05, 0.1) is 11.5 Å². The maximum absolute atomic E-state index is 12.6. The summed E-state index contributed by atoms with van der Waals surface area (Å²) in [7, 11) is -3.13. The first-order valence-corrected chi connectivity index (χ1v) is 11.4. The molecule has 0 bridgehead atoms. The number of hydrogen-bond donors (Lipinski definition) is 1. The van der Waals surface area contributed by atoms with Crippen molar-refractivity contribution in [1.29, 1.82) is 0 Å². The van der Waals surface area contributed by atoms with E-state index in [1.165, 1.54) is 11.8 Å². The van der Waals surface area contributed by atoms with Gasteiger partial charge in [-0.05, 0) is 57.4 Å². The number of sulfone groups is 1. The Labute approximate surface area is 171 Å². The highest BCUT2D eigenvalue weighted by atomic mass is 32.2. The molecule has 1 heterocycles. The fraction of sp³-hybridized carbons (Fsp3) is 0.550. The molecule has 0 aromatic heterocycles. The number of amides is 2. The van der Waals surface area contributed by atoms with Crippen LogP contribution < -0.4 is 5.32 Å². The van der Waals surface area contributed by atoms with Crippen LogP contribution in [0.4, 0.5) is 0 Å². The molecule has 160 valence electrons. The van der Waals surface area contributed by atoms with Gasteiger partial charge in [0, 0.05) is 18.2 Å². The van der Waals surface area contributed by atoms with Crippen molar-refractivity contribution in [1.82, 2.24) is 10.2 Å². The average molecular weight is 425 g/mol. The van der Waals surface area contributed by atoms with Gasteiger partial charge in [-0.15, -0.1) is 0 Å². The van der Waals surface area contributed by atoms with Gasteiger partial charge in [-0.25, -0.2) is 8.42 Å². The topological polar surface area (TPSA) is 110 Å². The maximum Gasteiger partial charge on any atom is 0.326 e. The number of rotatable bonds is 7. The lowest BCUT2D eigenvalue weighted by Gasteiger charge is -2.29. The van der Waals surface area contributed by atoms with Crippen molar-refractivity contribution in [2.75, 3.05) is 24.6 Å². The molecule has 1 aliphatic heterocycles. The zero-order valence-corrected chi connectivity index (χ0v) is 18.0. The first-order valence-electron chi connectivity index (χ1n) is 9.60. The molecule has 1 fully saturated rings. The summed E-state index contributed by atoms with van der Waals surface area (Å²) >= 11 is 0. The molecule has 2 rings (SSSR count). The first-order chi connectivity index (χ1) is 13.5. The summed E-state index contributed by atoms with van der Waals surface area (Å²) < 4.78 is 28.5. The van der Waals surface area contributed by atoms with Gasteiger partial charge >= 0.3 is 5.97 Å². The van der Waals surface area contributed by atoms with Gasteiger partial charge in [0.1, 0.15) is 6.54 Å². The van der Waals surface area contributed by atoms with Crippen LogP contribution in [0.3, 0.4) is 0 Å².